The molecule has 0 saturated heterocycles. The molecule has 0 fully saturated rings. The molecule has 6 nitrogen and oxygen atoms in total. The Balaban J connectivity index is 0.000000191. The Morgan fingerprint density at radius 1 is 0.765 bits per heavy atom. The van der Waals surface area contributed by atoms with Gasteiger partial charge in [-0.1, -0.05) is 48.5 Å². The standard InChI is InChI=1S/2C12H16FNO2S/c2*13-10(8-17(15)16)7-14-12-6-5-9-3-1-2-4-11(9)12/h2*1-4,10,12,14H,5-8H2,(H,15,16). The first-order valence-corrected chi connectivity index (χ1v) is 13.9. The fourth-order valence-electron chi connectivity index (χ4n) is 4.51. The second-order valence-electron chi connectivity index (χ2n) is 8.57. The lowest BCUT2D eigenvalue weighted by molar-refractivity contribution is 0.328. The maximum absolute atomic E-state index is 13.3. The van der Waals surface area contributed by atoms with Crippen molar-refractivity contribution in [2.75, 3.05) is 24.6 Å². The van der Waals surface area contributed by atoms with Crippen LogP contribution >= 0.6 is 0 Å². The summed E-state index contributed by atoms with van der Waals surface area (Å²) in [6.07, 6.45) is 1.41. The molecule has 6 atom stereocenters. The van der Waals surface area contributed by atoms with E-state index in [4.69, 9.17) is 9.11 Å². The molecule has 0 spiro atoms. The molecule has 0 aromatic heterocycles. The molecule has 0 radical (unpaired) electrons. The zero-order valence-corrected chi connectivity index (χ0v) is 20.5. The van der Waals surface area contributed by atoms with Crippen molar-refractivity contribution in [3.63, 3.8) is 0 Å². The SMILES string of the molecule is O=S(O)CC(F)CNC1CCc2ccccc21.O=S(O)CC(F)CNC1CCc2ccccc21. The first-order valence-electron chi connectivity index (χ1n) is 11.4. The first kappa shape index (κ1) is 27.0. The number of halogens is 2. The Kier molecular flexibility index (Phi) is 10.7. The second kappa shape index (κ2) is 13.5. The molecule has 2 aromatic carbocycles. The van der Waals surface area contributed by atoms with Gasteiger partial charge < -0.3 is 19.7 Å². The summed E-state index contributed by atoms with van der Waals surface area (Å²) in [6.45, 7) is 0.261. The van der Waals surface area contributed by atoms with E-state index in [0.29, 0.717) is 0 Å². The molecule has 0 heterocycles. The Morgan fingerprint density at radius 2 is 1.15 bits per heavy atom. The van der Waals surface area contributed by atoms with Gasteiger partial charge in [0, 0.05) is 25.2 Å². The lowest BCUT2D eigenvalue weighted by Crippen LogP contribution is -2.30. The third-order valence-electron chi connectivity index (χ3n) is 6.08. The highest BCUT2D eigenvalue weighted by Gasteiger charge is 2.23. The summed E-state index contributed by atoms with van der Waals surface area (Å²) in [5.74, 6) is -0.636. The van der Waals surface area contributed by atoms with Crippen molar-refractivity contribution >= 4 is 22.2 Å². The highest BCUT2D eigenvalue weighted by Crippen LogP contribution is 2.31. The summed E-state index contributed by atoms with van der Waals surface area (Å²) in [5, 5.41) is 6.24. The van der Waals surface area contributed by atoms with Crippen LogP contribution in [-0.4, -0.2) is 54.5 Å². The van der Waals surface area contributed by atoms with Crippen LogP contribution in [0.2, 0.25) is 0 Å². The van der Waals surface area contributed by atoms with Crippen molar-refractivity contribution in [3.8, 4) is 0 Å². The van der Waals surface area contributed by atoms with Crippen LogP contribution in [0.5, 0.6) is 0 Å². The van der Waals surface area contributed by atoms with E-state index in [1.807, 2.05) is 24.3 Å². The van der Waals surface area contributed by atoms with Crippen LogP contribution in [0.4, 0.5) is 8.78 Å². The van der Waals surface area contributed by atoms with Gasteiger partial charge in [-0.25, -0.2) is 17.2 Å². The van der Waals surface area contributed by atoms with Crippen LogP contribution < -0.4 is 10.6 Å². The molecule has 0 aliphatic heterocycles. The number of rotatable bonds is 10. The minimum absolute atomic E-state index is 0.130. The van der Waals surface area contributed by atoms with E-state index in [1.165, 1.54) is 22.3 Å². The van der Waals surface area contributed by atoms with Gasteiger partial charge in [0.05, 0.1) is 11.5 Å². The van der Waals surface area contributed by atoms with Gasteiger partial charge in [0.25, 0.3) is 0 Å². The van der Waals surface area contributed by atoms with Gasteiger partial charge in [0.15, 0.2) is 22.2 Å². The van der Waals surface area contributed by atoms with Gasteiger partial charge in [-0.05, 0) is 47.9 Å². The monoisotopic (exact) mass is 514 g/mol. The Bertz CT molecular complexity index is 904. The minimum Gasteiger partial charge on any atom is -0.307 e. The Labute approximate surface area is 204 Å². The van der Waals surface area contributed by atoms with Crippen molar-refractivity contribution in [3.05, 3.63) is 70.8 Å². The predicted octanol–water partition coefficient (Wildman–Crippen LogP) is 3.65. The summed E-state index contributed by atoms with van der Waals surface area (Å²) >= 11 is -4.12. The Morgan fingerprint density at radius 3 is 1.53 bits per heavy atom. The van der Waals surface area contributed by atoms with Crippen molar-refractivity contribution in [1.82, 2.24) is 10.6 Å². The summed E-state index contributed by atoms with van der Waals surface area (Å²) < 4.78 is 64.6. The minimum atomic E-state index is -2.06. The second-order valence-corrected chi connectivity index (χ2v) is 10.5. The number of aryl methyl sites for hydroxylation is 2. The summed E-state index contributed by atoms with van der Waals surface area (Å²) in [5.41, 5.74) is 5.08. The summed E-state index contributed by atoms with van der Waals surface area (Å²) in [7, 11) is 0. The molecule has 2 aliphatic rings. The molecule has 4 N–H and O–H groups in total. The molecule has 2 aromatic rings. The van der Waals surface area contributed by atoms with E-state index < -0.39 is 34.5 Å². The predicted molar refractivity (Wildman–Crippen MR) is 132 cm³/mol. The van der Waals surface area contributed by atoms with Crippen LogP contribution in [0, 0.1) is 0 Å². The summed E-state index contributed by atoms with van der Waals surface area (Å²) in [4.78, 5) is 0. The molecule has 0 bridgehead atoms. The third-order valence-corrected chi connectivity index (χ3v) is 7.38. The van der Waals surface area contributed by atoms with Gasteiger partial charge in [-0.15, -0.1) is 0 Å². The molecule has 0 amide bonds. The molecule has 4 rings (SSSR count). The molecule has 2 aliphatic carbocycles. The third kappa shape index (κ3) is 8.28. The quantitative estimate of drug-likeness (QED) is 0.362. The fraction of sp³-hybridized carbons (Fsp3) is 0.500. The average molecular weight is 515 g/mol. The van der Waals surface area contributed by atoms with Crippen LogP contribution in [0.15, 0.2) is 48.5 Å². The number of benzene rings is 2. The highest BCUT2D eigenvalue weighted by atomic mass is 32.2. The highest BCUT2D eigenvalue weighted by molar-refractivity contribution is 7.79. The number of hydrogen-bond acceptors (Lipinski definition) is 4. The van der Waals surface area contributed by atoms with Gasteiger partial charge >= 0.3 is 0 Å². The number of fused-ring (bicyclic) bond motifs is 2. The van der Waals surface area contributed by atoms with Gasteiger partial charge in [0.2, 0.25) is 0 Å². The maximum Gasteiger partial charge on any atom is 0.155 e. The van der Waals surface area contributed by atoms with Crippen molar-refractivity contribution in [2.24, 2.45) is 0 Å². The van der Waals surface area contributed by atoms with E-state index in [2.05, 4.69) is 34.9 Å². The number of hydrogen-bond donors (Lipinski definition) is 4. The lowest BCUT2D eigenvalue weighted by atomic mass is 10.1. The van der Waals surface area contributed by atoms with E-state index in [1.54, 1.807) is 0 Å². The Hall–Kier alpha value is -1.56. The normalized spacial score (nSPS) is 22.1. The molecule has 34 heavy (non-hydrogen) atoms. The molecule has 10 heteroatoms. The van der Waals surface area contributed by atoms with Crippen LogP contribution in [0.25, 0.3) is 0 Å². The summed E-state index contributed by atoms with van der Waals surface area (Å²) in [6, 6.07) is 16.6. The van der Waals surface area contributed by atoms with Crippen LogP contribution in [0.1, 0.15) is 47.2 Å². The molecule has 0 saturated carbocycles. The maximum atomic E-state index is 13.3. The molecule has 188 valence electrons. The zero-order chi connectivity index (χ0) is 24.5. The van der Waals surface area contributed by atoms with Gasteiger partial charge in [0.1, 0.15) is 12.3 Å². The van der Waals surface area contributed by atoms with E-state index >= 15 is 0 Å². The number of alkyl halides is 2. The van der Waals surface area contributed by atoms with Gasteiger partial charge in [-0.3, -0.25) is 0 Å². The molecular weight excluding hydrogens is 482 g/mol. The van der Waals surface area contributed by atoms with Crippen LogP contribution in [-0.2, 0) is 35.0 Å². The van der Waals surface area contributed by atoms with E-state index in [9.17, 15) is 17.2 Å². The first-order chi connectivity index (χ1) is 16.3. The van der Waals surface area contributed by atoms with Crippen molar-refractivity contribution in [1.29, 1.82) is 0 Å². The van der Waals surface area contributed by atoms with Crippen molar-refractivity contribution < 1.29 is 26.3 Å². The molecule has 6 unspecified atom stereocenters. The average Bonchev–Trinajstić information content (AvgIpc) is 3.40. The van der Waals surface area contributed by atoms with E-state index in [-0.39, 0.29) is 36.7 Å². The smallest absolute Gasteiger partial charge is 0.155 e. The van der Waals surface area contributed by atoms with Gasteiger partial charge in [-0.2, -0.15) is 0 Å². The fourth-order valence-corrected chi connectivity index (χ4v) is 5.36. The zero-order valence-electron chi connectivity index (χ0n) is 18.9. The van der Waals surface area contributed by atoms with E-state index in [0.717, 1.165) is 25.7 Å². The number of nitrogens with one attached hydrogen (secondary N) is 2. The largest absolute Gasteiger partial charge is 0.307 e. The molecular formula is C24H32F2N2O4S2. The van der Waals surface area contributed by atoms with Crippen molar-refractivity contribution in [2.45, 2.75) is 50.1 Å². The topological polar surface area (TPSA) is 98.7 Å². The lowest BCUT2D eigenvalue weighted by Gasteiger charge is -2.15. The van der Waals surface area contributed by atoms with Crippen LogP contribution in [0.3, 0.4) is 0 Å².